The van der Waals surface area contributed by atoms with Gasteiger partial charge in [0.1, 0.15) is 5.75 Å². The number of benzene rings is 2. The highest BCUT2D eigenvalue weighted by molar-refractivity contribution is 9.10. The van der Waals surface area contributed by atoms with Crippen LogP contribution in [0.2, 0.25) is 0 Å². The van der Waals surface area contributed by atoms with E-state index in [9.17, 15) is 0 Å². The lowest BCUT2D eigenvalue weighted by Crippen LogP contribution is -2.22. The van der Waals surface area contributed by atoms with E-state index in [1.807, 2.05) is 0 Å². The fourth-order valence-electron chi connectivity index (χ4n) is 3.04. The summed E-state index contributed by atoms with van der Waals surface area (Å²) in [6.45, 7) is 2.19. The van der Waals surface area contributed by atoms with Crippen molar-refractivity contribution in [1.29, 1.82) is 0 Å². The summed E-state index contributed by atoms with van der Waals surface area (Å²) in [6, 6.07) is 17.7. The lowest BCUT2D eigenvalue weighted by Gasteiger charge is -2.25. The van der Waals surface area contributed by atoms with Crippen molar-refractivity contribution in [2.24, 2.45) is 0 Å². The number of hydrogen-bond acceptors (Lipinski definition) is 2. The van der Waals surface area contributed by atoms with Crippen LogP contribution in [0.25, 0.3) is 0 Å². The molecule has 0 bridgehead atoms. The average molecular weight is 346 g/mol. The van der Waals surface area contributed by atoms with Gasteiger partial charge >= 0.3 is 0 Å². The van der Waals surface area contributed by atoms with Crippen molar-refractivity contribution in [3.63, 3.8) is 0 Å². The van der Waals surface area contributed by atoms with Crippen molar-refractivity contribution in [2.45, 2.75) is 25.4 Å². The molecule has 0 spiro atoms. The Labute approximate surface area is 134 Å². The Balaban J connectivity index is 1.73. The minimum atomic E-state index is 0.527. The van der Waals surface area contributed by atoms with Gasteiger partial charge < -0.3 is 4.74 Å². The number of ether oxygens (including phenoxy) is 1. The molecule has 0 aliphatic carbocycles. The van der Waals surface area contributed by atoms with Crippen LogP contribution in [-0.4, -0.2) is 18.6 Å². The molecule has 1 atom stereocenters. The van der Waals surface area contributed by atoms with Gasteiger partial charge in [0.25, 0.3) is 0 Å². The maximum absolute atomic E-state index is 5.25. The van der Waals surface area contributed by atoms with Gasteiger partial charge in [-0.3, -0.25) is 4.90 Å². The first-order chi connectivity index (χ1) is 10.3. The summed E-state index contributed by atoms with van der Waals surface area (Å²) in [6.07, 6.45) is 2.51. The lowest BCUT2D eigenvalue weighted by molar-refractivity contribution is 0.248. The fourth-order valence-corrected chi connectivity index (χ4v) is 3.31. The van der Waals surface area contributed by atoms with Crippen molar-refractivity contribution >= 4 is 15.9 Å². The molecule has 110 valence electrons. The third-order valence-electron chi connectivity index (χ3n) is 4.16. The summed E-state index contributed by atoms with van der Waals surface area (Å²) in [5.41, 5.74) is 2.77. The molecule has 3 heteroatoms. The summed E-state index contributed by atoms with van der Waals surface area (Å²) in [7, 11) is 1.71. The molecule has 1 heterocycles. The van der Waals surface area contributed by atoms with Gasteiger partial charge in [-0.1, -0.05) is 40.2 Å². The Bertz CT molecular complexity index is 579. The van der Waals surface area contributed by atoms with Crippen molar-refractivity contribution in [1.82, 2.24) is 4.90 Å². The molecule has 0 saturated carbocycles. The third kappa shape index (κ3) is 3.47. The molecule has 2 nitrogen and oxygen atoms in total. The van der Waals surface area contributed by atoms with Crippen molar-refractivity contribution in [3.05, 3.63) is 64.1 Å². The van der Waals surface area contributed by atoms with Crippen molar-refractivity contribution < 1.29 is 4.74 Å². The van der Waals surface area contributed by atoms with Crippen LogP contribution in [0, 0.1) is 0 Å². The summed E-state index contributed by atoms with van der Waals surface area (Å²) in [4.78, 5) is 2.57. The van der Waals surface area contributed by atoms with E-state index in [1.54, 1.807) is 7.11 Å². The third-order valence-corrected chi connectivity index (χ3v) is 4.69. The first-order valence-electron chi connectivity index (χ1n) is 7.39. The zero-order chi connectivity index (χ0) is 14.7. The number of nitrogens with zero attached hydrogens (tertiary/aromatic N) is 1. The molecule has 1 fully saturated rings. The Morgan fingerprint density at radius 1 is 1.10 bits per heavy atom. The lowest BCUT2D eigenvalue weighted by atomic mass is 10.0. The minimum absolute atomic E-state index is 0.527. The highest BCUT2D eigenvalue weighted by Crippen LogP contribution is 2.33. The first-order valence-corrected chi connectivity index (χ1v) is 8.18. The second-order valence-corrected chi connectivity index (χ2v) is 6.44. The van der Waals surface area contributed by atoms with Crippen molar-refractivity contribution in [3.8, 4) is 5.75 Å². The highest BCUT2D eigenvalue weighted by Gasteiger charge is 2.25. The molecule has 1 saturated heterocycles. The van der Waals surface area contributed by atoms with Gasteiger partial charge in [0.15, 0.2) is 0 Å². The first kappa shape index (κ1) is 14.6. The predicted molar refractivity (Wildman–Crippen MR) is 89.5 cm³/mol. The number of likely N-dealkylation sites (tertiary alicyclic amines) is 1. The van der Waals surface area contributed by atoms with Gasteiger partial charge in [0, 0.05) is 17.1 Å². The zero-order valence-electron chi connectivity index (χ0n) is 12.3. The van der Waals surface area contributed by atoms with Gasteiger partial charge in [-0.2, -0.15) is 0 Å². The van der Waals surface area contributed by atoms with E-state index in [2.05, 4.69) is 69.4 Å². The van der Waals surface area contributed by atoms with Gasteiger partial charge in [0.05, 0.1) is 7.11 Å². The molecule has 1 aliphatic heterocycles. The molecule has 0 unspecified atom stereocenters. The molecule has 0 N–H and O–H groups in total. The molecule has 1 aliphatic rings. The van der Waals surface area contributed by atoms with Crippen LogP contribution >= 0.6 is 15.9 Å². The average Bonchev–Trinajstić information content (AvgIpc) is 2.98. The maximum atomic E-state index is 5.25. The van der Waals surface area contributed by atoms with Crippen LogP contribution in [0.3, 0.4) is 0 Å². The SMILES string of the molecule is COc1ccc([C@@H]2CCCN2Cc2ccc(Br)cc2)cc1. The van der Waals surface area contributed by atoms with Crippen LogP contribution in [0.4, 0.5) is 0 Å². The Kier molecular flexibility index (Phi) is 4.61. The van der Waals surface area contributed by atoms with Crippen LogP contribution in [0.1, 0.15) is 30.0 Å². The van der Waals surface area contributed by atoms with E-state index in [-0.39, 0.29) is 0 Å². The molecular formula is C18H20BrNO. The number of methoxy groups -OCH3 is 1. The number of rotatable bonds is 4. The van der Waals surface area contributed by atoms with E-state index in [4.69, 9.17) is 4.74 Å². The van der Waals surface area contributed by atoms with E-state index in [1.165, 1.54) is 30.5 Å². The molecule has 2 aromatic rings. The molecule has 0 radical (unpaired) electrons. The summed E-state index contributed by atoms with van der Waals surface area (Å²) in [5, 5.41) is 0. The van der Waals surface area contributed by atoms with Crippen LogP contribution in [-0.2, 0) is 6.54 Å². The van der Waals surface area contributed by atoms with Gasteiger partial charge in [0.2, 0.25) is 0 Å². The van der Waals surface area contributed by atoms with Gasteiger partial charge in [-0.25, -0.2) is 0 Å². The Morgan fingerprint density at radius 2 is 1.81 bits per heavy atom. The highest BCUT2D eigenvalue weighted by atomic mass is 79.9. The Hall–Kier alpha value is -1.32. The monoisotopic (exact) mass is 345 g/mol. The van der Waals surface area contributed by atoms with Crippen LogP contribution < -0.4 is 4.74 Å². The summed E-state index contributed by atoms with van der Waals surface area (Å²) < 4.78 is 6.39. The van der Waals surface area contributed by atoms with Gasteiger partial charge in [-0.05, 0) is 54.8 Å². The summed E-state index contributed by atoms with van der Waals surface area (Å²) >= 11 is 3.49. The minimum Gasteiger partial charge on any atom is -0.497 e. The smallest absolute Gasteiger partial charge is 0.118 e. The molecule has 2 aromatic carbocycles. The van der Waals surface area contributed by atoms with Crippen LogP contribution in [0.15, 0.2) is 53.0 Å². The van der Waals surface area contributed by atoms with Crippen LogP contribution in [0.5, 0.6) is 5.75 Å². The van der Waals surface area contributed by atoms with E-state index in [0.29, 0.717) is 6.04 Å². The van der Waals surface area contributed by atoms with E-state index < -0.39 is 0 Å². The molecular weight excluding hydrogens is 326 g/mol. The standard InChI is InChI=1S/C18H20BrNO/c1-21-17-10-6-15(7-11-17)18-3-2-12-20(18)13-14-4-8-16(19)9-5-14/h4-11,18H,2-3,12-13H2,1H3/t18-/m0/s1. The maximum Gasteiger partial charge on any atom is 0.118 e. The summed E-state index contributed by atoms with van der Waals surface area (Å²) in [5.74, 6) is 0.927. The van der Waals surface area contributed by atoms with Gasteiger partial charge in [-0.15, -0.1) is 0 Å². The molecule has 21 heavy (non-hydrogen) atoms. The molecule has 3 rings (SSSR count). The largest absolute Gasteiger partial charge is 0.497 e. The second kappa shape index (κ2) is 6.63. The number of halogens is 1. The Morgan fingerprint density at radius 3 is 2.48 bits per heavy atom. The second-order valence-electron chi connectivity index (χ2n) is 5.53. The molecule has 0 aromatic heterocycles. The fraction of sp³-hybridized carbons (Fsp3) is 0.333. The van der Waals surface area contributed by atoms with E-state index >= 15 is 0 Å². The topological polar surface area (TPSA) is 12.5 Å². The normalized spacial score (nSPS) is 18.9. The molecule has 0 amide bonds. The quantitative estimate of drug-likeness (QED) is 0.789. The predicted octanol–water partition coefficient (Wildman–Crippen LogP) is 4.79. The van der Waals surface area contributed by atoms with E-state index in [0.717, 1.165) is 16.8 Å². The zero-order valence-corrected chi connectivity index (χ0v) is 13.8. The van der Waals surface area contributed by atoms with Crippen molar-refractivity contribution in [2.75, 3.05) is 13.7 Å². The number of hydrogen-bond donors (Lipinski definition) is 0.